The molecule has 156 valence electrons. The number of rotatable bonds is 8. The van der Waals surface area contributed by atoms with Gasteiger partial charge in [0.1, 0.15) is 11.8 Å². The molecule has 3 N–H and O–H groups in total. The molecule has 8 heteroatoms. The summed E-state index contributed by atoms with van der Waals surface area (Å²) in [5.41, 5.74) is 2.35. The Morgan fingerprint density at radius 2 is 1.80 bits per heavy atom. The van der Waals surface area contributed by atoms with Gasteiger partial charge in [-0.25, -0.2) is 4.79 Å². The van der Waals surface area contributed by atoms with Crippen LogP contribution in [0.4, 0.5) is 5.69 Å². The number of carbonyl (C=O) groups is 3. The predicted molar refractivity (Wildman–Crippen MR) is 112 cm³/mol. The zero-order valence-electron chi connectivity index (χ0n) is 16.7. The third kappa shape index (κ3) is 5.38. The lowest BCUT2D eigenvalue weighted by atomic mass is 10.0. The van der Waals surface area contributed by atoms with Gasteiger partial charge in [0.05, 0.1) is 7.11 Å². The number of fused-ring (bicyclic) bond motifs is 1. The monoisotopic (exact) mass is 409 g/mol. The number of aromatic amines is 1. The molecule has 2 aromatic carbocycles. The standard InChI is InChI=1S/C22H23N3O5/c1-14(26)24-20(11-15-12-23-19-6-4-3-5-18(15)19)22(28)30-13-21(27)25-16-7-9-17(29-2)10-8-16/h3-10,12,20,23H,11,13H2,1-2H3,(H,24,26)(H,25,27). The molecule has 1 heterocycles. The Kier molecular flexibility index (Phi) is 6.69. The maximum atomic E-state index is 12.5. The number of methoxy groups -OCH3 is 1. The van der Waals surface area contributed by atoms with E-state index in [9.17, 15) is 14.4 Å². The summed E-state index contributed by atoms with van der Waals surface area (Å²) in [4.78, 5) is 39.3. The molecule has 0 bridgehead atoms. The van der Waals surface area contributed by atoms with Crippen molar-refractivity contribution in [1.29, 1.82) is 0 Å². The minimum atomic E-state index is -0.907. The highest BCUT2D eigenvalue weighted by Gasteiger charge is 2.23. The first-order valence-corrected chi connectivity index (χ1v) is 9.39. The van der Waals surface area contributed by atoms with Gasteiger partial charge in [-0.05, 0) is 35.9 Å². The Morgan fingerprint density at radius 1 is 1.07 bits per heavy atom. The normalized spacial score (nSPS) is 11.5. The zero-order chi connectivity index (χ0) is 21.5. The van der Waals surface area contributed by atoms with Crippen LogP contribution in [0.5, 0.6) is 5.75 Å². The summed E-state index contributed by atoms with van der Waals surface area (Å²) in [5.74, 6) is -0.864. The molecule has 0 saturated carbocycles. The average Bonchev–Trinajstić information content (AvgIpc) is 3.15. The number of ether oxygens (including phenoxy) is 2. The number of benzene rings is 2. The number of aromatic nitrogens is 1. The molecule has 1 aromatic heterocycles. The first-order chi connectivity index (χ1) is 14.5. The molecule has 0 fully saturated rings. The molecule has 0 saturated heterocycles. The molecule has 0 spiro atoms. The maximum absolute atomic E-state index is 12.5. The number of hydrogen-bond acceptors (Lipinski definition) is 5. The second kappa shape index (κ2) is 9.60. The number of amides is 2. The van der Waals surface area contributed by atoms with Gasteiger partial charge in [0, 0.05) is 36.1 Å². The van der Waals surface area contributed by atoms with Crippen molar-refractivity contribution in [2.24, 2.45) is 0 Å². The first-order valence-electron chi connectivity index (χ1n) is 9.39. The van der Waals surface area contributed by atoms with Crippen molar-refractivity contribution in [3.8, 4) is 5.75 Å². The Hall–Kier alpha value is -3.81. The lowest BCUT2D eigenvalue weighted by Gasteiger charge is -2.16. The van der Waals surface area contributed by atoms with Crippen LogP contribution in [0.2, 0.25) is 0 Å². The van der Waals surface area contributed by atoms with E-state index in [0.29, 0.717) is 11.4 Å². The van der Waals surface area contributed by atoms with E-state index in [1.165, 1.54) is 6.92 Å². The second-order valence-electron chi connectivity index (χ2n) is 6.70. The molecular formula is C22H23N3O5. The summed E-state index contributed by atoms with van der Waals surface area (Å²) >= 11 is 0. The van der Waals surface area contributed by atoms with Crippen LogP contribution in [-0.2, 0) is 25.5 Å². The SMILES string of the molecule is COc1ccc(NC(=O)COC(=O)C(Cc2c[nH]c3ccccc23)NC(C)=O)cc1. The molecule has 30 heavy (non-hydrogen) atoms. The van der Waals surface area contributed by atoms with Crippen molar-refractivity contribution in [2.45, 2.75) is 19.4 Å². The minimum absolute atomic E-state index is 0.239. The first kappa shape index (κ1) is 20.9. The van der Waals surface area contributed by atoms with E-state index in [1.807, 2.05) is 24.3 Å². The van der Waals surface area contributed by atoms with Crippen molar-refractivity contribution in [2.75, 3.05) is 19.0 Å². The molecule has 1 atom stereocenters. The summed E-state index contributed by atoms with van der Waals surface area (Å²) in [6.45, 7) is 0.862. The second-order valence-corrected chi connectivity index (χ2v) is 6.70. The predicted octanol–water partition coefficient (Wildman–Crippen LogP) is 2.41. The van der Waals surface area contributed by atoms with Crippen LogP contribution in [0.15, 0.2) is 54.7 Å². The van der Waals surface area contributed by atoms with Gasteiger partial charge >= 0.3 is 5.97 Å². The molecule has 1 unspecified atom stereocenters. The third-order valence-corrected chi connectivity index (χ3v) is 4.48. The highest BCUT2D eigenvalue weighted by atomic mass is 16.5. The Morgan fingerprint density at radius 3 is 2.50 bits per heavy atom. The topological polar surface area (TPSA) is 110 Å². The van der Waals surface area contributed by atoms with Crippen molar-refractivity contribution < 1.29 is 23.9 Å². The summed E-state index contributed by atoms with van der Waals surface area (Å²) < 4.78 is 10.2. The minimum Gasteiger partial charge on any atom is -0.497 e. The fraction of sp³-hybridized carbons (Fsp3) is 0.227. The van der Waals surface area contributed by atoms with Crippen molar-refractivity contribution in [1.82, 2.24) is 10.3 Å². The molecule has 2 amide bonds. The molecule has 8 nitrogen and oxygen atoms in total. The summed E-state index contributed by atoms with van der Waals surface area (Å²) in [7, 11) is 1.55. The average molecular weight is 409 g/mol. The van der Waals surface area contributed by atoms with Gasteiger partial charge in [-0.1, -0.05) is 18.2 Å². The molecule has 0 aliphatic rings. The Balaban J connectivity index is 1.60. The van der Waals surface area contributed by atoms with E-state index in [-0.39, 0.29) is 12.3 Å². The Bertz CT molecular complexity index is 1040. The molecule has 3 aromatic rings. The van der Waals surface area contributed by atoms with Crippen molar-refractivity contribution in [3.05, 3.63) is 60.3 Å². The van der Waals surface area contributed by atoms with Crippen LogP contribution in [0, 0.1) is 0 Å². The third-order valence-electron chi connectivity index (χ3n) is 4.48. The largest absolute Gasteiger partial charge is 0.497 e. The number of carbonyl (C=O) groups excluding carboxylic acids is 3. The number of para-hydroxylation sites is 1. The van der Waals surface area contributed by atoms with Crippen LogP contribution in [0.1, 0.15) is 12.5 Å². The van der Waals surface area contributed by atoms with Crippen LogP contribution < -0.4 is 15.4 Å². The van der Waals surface area contributed by atoms with Crippen LogP contribution in [-0.4, -0.2) is 42.5 Å². The van der Waals surface area contributed by atoms with Crippen LogP contribution in [0.25, 0.3) is 10.9 Å². The number of nitrogens with one attached hydrogen (secondary N) is 3. The van der Waals surface area contributed by atoms with Crippen LogP contribution >= 0.6 is 0 Å². The fourth-order valence-corrected chi connectivity index (χ4v) is 3.07. The van der Waals surface area contributed by atoms with Gasteiger partial charge in [0.2, 0.25) is 5.91 Å². The zero-order valence-corrected chi connectivity index (χ0v) is 16.7. The Labute approximate surface area is 173 Å². The quantitative estimate of drug-likeness (QED) is 0.495. The molecule has 3 rings (SSSR count). The van der Waals surface area contributed by atoms with Crippen LogP contribution in [0.3, 0.4) is 0 Å². The van der Waals surface area contributed by atoms with E-state index in [2.05, 4.69) is 15.6 Å². The summed E-state index contributed by atoms with van der Waals surface area (Å²) in [6.07, 6.45) is 2.03. The van der Waals surface area contributed by atoms with E-state index >= 15 is 0 Å². The van der Waals surface area contributed by atoms with Crippen molar-refractivity contribution in [3.63, 3.8) is 0 Å². The lowest BCUT2D eigenvalue weighted by molar-refractivity contribution is -0.150. The van der Waals surface area contributed by atoms with Gasteiger partial charge in [-0.15, -0.1) is 0 Å². The van der Waals surface area contributed by atoms with Gasteiger partial charge in [-0.2, -0.15) is 0 Å². The smallest absolute Gasteiger partial charge is 0.329 e. The molecule has 0 radical (unpaired) electrons. The van der Waals surface area contributed by atoms with Gasteiger partial charge in [0.25, 0.3) is 5.91 Å². The molecule has 0 aliphatic carbocycles. The van der Waals surface area contributed by atoms with E-state index in [4.69, 9.17) is 9.47 Å². The highest BCUT2D eigenvalue weighted by molar-refractivity contribution is 5.93. The summed E-state index contributed by atoms with van der Waals surface area (Å²) in [6, 6.07) is 13.5. The number of H-pyrrole nitrogens is 1. The van der Waals surface area contributed by atoms with Gasteiger partial charge in [-0.3, -0.25) is 9.59 Å². The van der Waals surface area contributed by atoms with E-state index in [1.54, 1.807) is 37.6 Å². The number of anilines is 1. The summed E-state index contributed by atoms with van der Waals surface area (Å²) in [5, 5.41) is 6.19. The maximum Gasteiger partial charge on any atom is 0.329 e. The number of esters is 1. The van der Waals surface area contributed by atoms with E-state index < -0.39 is 24.5 Å². The number of hydrogen-bond donors (Lipinski definition) is 3. The highest BCUT2D eigenvalue weighted by Crippen LogP contribution is 2.19. The fourth-order valence-electron chi connectivity index (χ4n) is 3.07. The molecular weight excluding hydrogens is 386 g/mol. The van der Waals surface area contributed by atoms with E-state index in [0.717, 1.165) is 16.5 Å². The van der Waals surface area contributed by atoms with Crippen molar-refractivity contribution >= 4 is 34.4 Å². The molecule has 0 aliphatic heterocycles. The van der Waals surface area contributed by atoms with Gasteiger partial charge in [0.15, 0.2) is 6.61 Å². The van der Waals surface area contributed by atoms with Gasteiger partial charge < -0.3 is 25.1 Å². The lowest BCUT2D eigenvalue weighted by Crippen LogP contribution is -2.43.